The zero-order valence-corrected chi connectivity index (χ0v) is 10.0. The maximum absolute atomic E-state index is 8.93. The normalized spacial score (nSPS) is 11.2. The fourth-order valence-corrected chi connectivity index (χ4v) is 1.96. The van der Waals surface area contributed by atoms with Crippen molar-refractivity contribution in [3.8, 4) is 11.7 Å². The van der Waals surface area contributed by atoms with Crippen molar-refractivity contribution >= 4 is 11.0 Å². The fourth-order valence-electron chi connectivity index (χ4n) is 1.96. The molecule has 3 aromatic rings. The van der Waals surface area contributed by atoms with Gasteiger partial charge in [-0.15, -0.1) is 0 Å². The average molecular weight is 243 g/mol. The Kier molecular flexibility index (Phi) is 2.64. The van der Waals surface area contributed by atoms with Gasteiger partial charge in [-0.25, -0.2) is 4.98 Å². The molecule has 2 heterocycles. The molecule has 18 heavy (non-hydrogen) atoms. The van der Waals surface area contributed by atoms with Crippen LogP contribution in [0.15, 0.2) is 39.2 Å². The number of oxazole rings is 1. The molecule has 0 fully saturated rings. The highest BCUT2D eigenvalue weighted by atomic mass is 16.4. The SMILES string of the molecule is Cc1oc(-c2cc3ccccc3o2)nc1CCO. The van der Waals surface area contributed by atoms with Gasteiger partial charge in [0.1, 0.15) is 11.3 Å². The molecule has 0 saturated carbocycles. The van der Waals surface area contributed by atoms with E-state index in [-0.39, 0.29) is 6.61 Å². The molecule has 1 N–H and O–H groups in total. The van der Waals surface area contributed by atoms with Crippen LogP contribution >= 0.6 is 0 Å². The monoisotopic (exact) mass is 243 g/mol. The Balaban J connectivity index is 2.05. The van der Waals surface area contributed by atoms with Gasteiger partial charge in [0, 0.05) is 18.4 Å². The minimum absolute atomic E-state index is 0.0624. The summed E-state index contributed by atoms with van der Waals surface area (Å²) >= 11 is 0. The van der Waals surface area contributed by atoms with Crippen LogP contribution in [0.3, 0.4) is 0 Å². The van der Waals surface area contributed by atoms with E-state index in [0.717, 1.165) is 22.4 Å². The Hall–Kier alpha value is -2.07. The number of aromatic nitrogens is 1. The lowest BCUT2D eigenvalue weighted by Crippen LogP contribution is -1.92. The van der Waals surface area contributed by atoms with Crippen LogP contribution in [0.1, 0.15) is 11.5 Å². The average Bonchev–Trinajstić information content (AvgIpc) is 2.94. The lowest BCUT2D eigenvalue weighted by molar-refractivity contribution is 0.297. The smallest absolute Gasteiger partial charge is 0.263 e. The Labute approximate surface area is 104 Å². The summed E-state index contributed by atoms with van der Waals surface area (Å²) in [6, 6.07) is 9.67. The summed E-state index contributed by atoms with van der Waals surface area (Å²) in [6.07, 6.45) is 0.496. The largest absolute Gasteiger partial charge is 0.451 e. The van der Waals surface area contributed by atoms with Crippen molar-refractivity contribution in [3.05, 3.63) is 41.8 Å². The van der Waals surface area contributed by atoms with E-state index in [1.807, 2.05) is 37.3 Å². The zero-order chi connectivity index (χ0) is 12.5. The number of benzene rings is 1. The van der Waals surface area contributed by atoms with E-state index in [2.05, 4.69) is 4.98 Å². The van der Waals surface area contributed by atoms with Gasteiger partial charge in [0.05, 0.1) is 5.69 Å². The molecule has 0 radical (unpaired) electrons. The summed E-state index contributed by atoms with van der Waals surface area (Å²) in [6.45, 7) is 1.90. The number of aliphatic hydroxyl groups is 1. The second-order valence-electron chi connectivity index (χ2n) is 4.14. The first-order chi connectivity index (χ1) is 8.78. The number of furan rings is 1. The highest BCUT2D eigenvalue weighted by molar-refractivity contribution is 5.81. The van der Waals surface area contributed by atoms with Crippen molar-refractivity contribution in [2.75, 3.05) is 6.61 Å². The van der Waals surface area contributed by atoms with Crippen molar-refractivity contribution in [3.63, 3.8) is 0 Å². The van der Waals surface area contributed by atoms with Crippen LogP contribution in [0, 0.1) is 6.92 Å². The van der Waals surface area contributed by atoms with Gasteiger partial charge in [0.25, 0.3) is 5.89 Å². The van der Waals surface area contributed by atoms with E-state index in [4.69, 9.17) is 13.9 Å². The van der Waals surface area contributed by atoms with Crippen molar-refractivity contribution in [1.82, 2.24) is 4.98 Å². The number of rotatable bonds is 3. The summed E-state index contributed by atoms with van der Waals surface area (Å²) in [7, 11) is 0. The molecule has 0 spiro atoms. The Bertz CT molecular complexity index is 648. The van der Waals surface area contributed by atoms with E-state index in [9.17, 15) is 0 Å². The molecule has 0 aliphatic rings. The van der Waals surface area contributed by atoms with E-state index < -0.39 is 0 Å². The first kappa shape index (κ1) is 11.0. The third-order valence-electron chi connectivity index (χ3n) is 2.88. The van der Waals surface area contributed by atoms with Crippen molar-refractivity contribution in [2.24, 2.45) is 0 Å². The quantitative estimate of drug-likeness (QED) is 0.768. The predicted octanol–water partition coefficient (Wildman–Crippen LogP) is 2.93. The minimum atomic E-state index is 0.0624. The summed E-state index contributed by atoms with van der Waals surface area (Å²) in [5, 5.41) is 9.95. The molecule has 0 unspecified atom stereocenters. The molecule has 0 amide bonds. The van der Waals surface area contributed by atoms with Crippen LogP contribution in [0.5, 0.6) is 0 Å². The van der Waals surface area contributed by atoms with Gasteiger partial charge in [-0.3, -0.25) is 0 Å². The van der Waals surface area contributed by atoms with E-state index in [1.165, 1.54) is 0 Å². The van der Waals surface area contributed by atoms with Gasteiger partial charge >= 0.3 is 0 Å². The maximum atomic E-state index is 8.93. The molecule has 0 aliphatic carbocycles. The standard InChI is InChI=1S/C14H13NO3/c1-9-11(6-7-16)15-14(17-9)13-8-10-4-2-3-5-12(10)18-13/h2-5,8,16H,6-7H2,1H3. The highest BCUT2D eigenvalue weighted by Crippen LogP contribution is 2.28. The van der Waals surface area contributed by atoms with Gasteiger partial charge in [-0.2, -0.15) is 0 Å². The van der Waals surface area contributed by atoms with Crippen molar-refractivity contribution in [1.29, 1.82) is 0 Å². The molecule has 4 heteroatoms. The second-order valence-corrected chi connectivity index (χ2v) is 4.14. The number of fused-ring (bicyclic) bond motifs is 1. The van der Waals surface area contributed by atoms with Gasteiger partial charge < -0.3 is 13.9 Å². The second kappa shape index (κ2) is 4.31. The summed E-state index contributed by atoms with van der Waals surface area (Å²) in [4.78, 5) is 4.34. The van der Waals surface area contributed by atoms with Crippen LogP contribution in [0.2, 0.25) is 0 Å². The first-order valence-electron chi connectivity index (χ1n) is 5.84. The molecule has 92 valence electrons. The Morgan fingerprint density at radius 3 is 2.83 bits per heavy atom. The van der Waals surface area contributed by atoms with E-state index in [1.54, 1.807) is 0 Å². The van der Waals surface area contributed by atoms with Crippen LogP contribution in [0.25, 0.3) is 22.6 Å². The summed E-state index contributed by atoms with van der Waals surface area (Å²) in [5.74, 6) is 1.80. The molecule has 4 nitrogen and oxygen atoms in total. The minimum Gasteiger partial charge on any atom is -0.451 e. The number of hydrogen-bond acceptors (Lipinski definition) is 4. The lowest BCUT2D eigenvalue weighted by Gasteiger charge is -1.88. The number of aryl methyl sites for hydroxylation is 1. The highest BCUT2D eigenvalue weighted by Gasteiger charge is 2.14. The van der Waals surface area contributed by atoms with E-state index in [0.29, 0.717) is 18.1 Å². The molecule has 0 aliphatic heterocycles. The summed E-state index contributed by atoms with van der Waals surface area (Å²) < 4.78 is 11.2. The number of nitrogens with zero attached hydrogens (tertiary/aromatic N) is 1. The number of aliphatic hydroxyl groups excluding tert-OH is 1. The third kappa shape index (κ3) is 1.80. The molecule has 0 atom stereocenters. The maximum Gasteiger partial charge on any atom is 0.263 e. The molecular weight excluding hydrogens is 230 g/mol. The molecule has 0 saturated heterocycles. The van der Waals surface area contributed by atoms with E-state index >= 15 is 0 Å². The number of hydrogen-bond donors (Lipinski definition) is 1. The van der Waals surface area contributed by atoms with Gasteiger partial charge in [-0.1, -0.05) is 18.2 Å². The molecule has 0 bridgehead atoms. The molecular formula is C14H13NO3. The third-order valence-corrected chi connectivity index (χ3v) is 2.88. The topological polar surface area (TPSA) is 59.4 Å². The fraction of sp³-hybridized carbons (Fsp3) is 0.214. The number of para-hydroxylation sites is 1. The summed E-state index contributed by atoms with van der Waals surface area (Å²) in [5.41, 5.74) is 1.58. The lowest BCUT2D eigenvalue weighted by atomic mass is 10.2. The van der Waals surface area contributed by atoms with Gasteiger partial charge in [-0.05, 0) is 19.1 Å². The van der Waals surface area contributed by atoms with Crippen LogP contribution in [-0.4, -0.2) is 16.7 Å². The van der Waals surface area contributed by atoms with Crippen molar-refractivity contribution < 1.29 is 13.9 Å². The van der Waals surface area contributed by atoms with Crippen LogP contribution in [-0.2, 0) is 6.42 Å². The Morgan fingerprint density at radius 1 is 1.22 bits per heavy atom. The zero-order valence-electron chi connectivity index (χ0n) is 10.0. The molecule has 1 aromatic carbocycles. The Morgan fingerprint density at radius 2 is 2.06 bits per heavy atom. The molecule has 2 aromatic heterocycles. The predicted molar refractivity (Wildman–Crippen MR) is 67.2 cm³/mol. The van der Waals surface area contributed by atoms with Crippen LogP contribution in [0.4, 0.5) is 0 Å². The van der Waals surface area contributed by atoms with Gasteiger partial charge in [0.2, 0.25) is 0 Å². The van der Waals surface area contributed by atoms with Gasteiger partial charge in [0.15, 0.2) is 5.76 Å². The van der Waals surface area contributed by atoms with Crippen LogP contribution < -0.4 is 0 Å². The van der Waals surface area contributed by atoms with Crippen molar-refractivity contribution in [2.45, 2.75) is 13.3 Å². The molecule has 3 rings (SSSR count). The first-order valence-corrected chi connectivity index (χ1v) is 5.84.